The van der Waals surface area contributed by atoms with E-state index in [4.69, 9.17) is 4.74 Å². The van der Waals surface area contributed by atoms with Gasteiger partial charge in [-0.3, -0.25) is 9.59 Å². The third kappa shape index (κ3) is 4.58. The number of ether oxygens (including phenoxy) is 1. The van der Waals surface area contributed by atoms with Gasteiger partial charge in [-0.05, 0) is 49.6 Å². The Bertz CT molecular complexity index is 575. The molecule has 6 heteroatoms. The number of likely N-dealkylation sites (N-methyl/N-ethyl adjacent to an activating group) is 1. The molecule has 0 radical (unpaired) electrons. The minimum atomic E-state index is -0.0930. The van der Waals surface area contributed by atoms with Crippen molar-refractivity contribution in [2.24, 2.45) is 11.0 Å². The summed E-state index contributed by atoms with van der Waals surface area (Å²) in [4.78, 5) is 24.4. The molecule has 6 nitrogen and oxygen atoms in total. The third-order valence-corrected chi connectivity index (χ3v) is 3.42. The van der Waals surface area contributed by atoms with Gasteiger partial charge in [0.1, 0.15) is 5.75 Å². The number of hydrogen-bond donors (Lipinski definition) is 1. The molecule has 1 aliphatic carbocycles. The Hall–Kier alpha value is -2.37. The molecule has 1 fully saturated rings. The number of nitrogens with zero attached hydrogens (tertiary/aromatic N) is 2. The van der Waals surface area contributed by atoms with Crippen LogP contribution in [0.1, 0.15) is 25.3 Å². The van der Waals surface area contributed by atoms with E-state index in [1.165, 1.54) is 4.90 Å². The van der Waals surface area contributed by atoms with Gasteiger partial charge in [-0.25, -0.2) is 5.43 Å². The molecule has 0 atom stereocenters. The van der Waals surface area contributed by atoms with E-state index in [0.717, 1.165) is 24.1 Å². The van der Waals surface area contributed by atoms with Gasteiger partial charge >= 0.3 is 0 Å². The fourth-order valence-corrected chi connectivity index (χ4v) is 1.71. The largest absolute Gasteiger partial charge is 0.484 e. The lowest BCUT2D eigenvalue weighted by Gasteiger charge is -2.11. The first-order valence-electron chi connectivity index (χ1n) is 7.25. The smallest absolute Gasteiger partial charge is 0.259 e. The van der Waals surface area contributed by atoms with E-state index in [9.17, 15) is 9.59 Å². The Balaban J connectivity index is 1.88. The van der Waals surface area contributed by atoms with Gasteiger partial charge < -0.3 is 9.64 Å². The molecule has 22 heavy (non-hydrogen) atoms. The van der Waals surface area contributed by atoms with Gasteiger partial charge in [-0.1, -0.05) is 0 Å². The molecule has 1 saturated carbocycles. The second-order valence-electron chi connectivity index (χ2n) is 5.55. The summed E-state index contributed by atoms with van der Waals surface area (Å²) in [6.45, 7) is 1.84. The van der Waals surface area contributed by atoms with E-state index in [1.807, 2.05) is 19.1 Å². The Morgan fingerprint density at radius 1 is 1.27 bits per heavy atom. The van der Waals surface area contributed by atoms with Crippen molar-refractivity contribution in [1.29, 1.82) is 0 Å². The molecule has 0 bridgehead atoms. The molecular weight excluding hydrogens is 282 g/mol. The molecule has 0 aromatic heterocycles. The molecule has 1 aliphatic rings. The SMILES string of the molecule is C/C(=N/NC(=O)C1CC1)c1ccc(OCC(=O)N(C)C)cc1. The minimum absolute atomic E-state index is 0.0108. The number of carbonyl (C=O) groups excluding carboxylic acids is 2. The van der Waals surface area contributed by atoms with Crippen molar-refractivity contribution in [1.82, 2.24) is 10.3 Å². The van der Waals surface area contributed by atoms with Crippen molar-refractivity contribution in [2.45, 2.75) is 19.8 Å². The molecule has 2 rings (SSSR count). The van der Waals surface area contributed by atoms with Gasteiger partial charge in [0.15, 0.2) is 6.61 Å². The summed E-state index contributed by atoms with van der Waals surface area (Å²) in [6.07, 6.45) is 1.91. The topological polar surface area (TPSA) is 71.0 Å². The highest BCUT2D eigenvalue weighted by atomic mass is 16.5. The molecule has 118 valence electrons. The number of carbonyl (C=O) groups is 2. The van der Waals surface area contributed by atoms with Gasteiger partial charge in [0.05, 0.1) is 5.71 Å². The molecule has 0 heterocycles. The Morgan fingerprint density at radius 2 is 1.91 bits per heavy atom. The van der Waals surface area contributed by atoms with E-state index < -0.39 is 0 Å². The highest BCUT2D eigenvalue weighted by molar-refractivity contribution is 5.99. The van der Waals surface area contributed by atoms with Crippen LogP contribution in [0.25, 0.3) is 0 Å². The second kappa shape index (κ2) is 7.06. The predicted octanol–water partition coefficient (Wildman–Crippen LogP) is 1.40. The van der Waals surface area contributed by atoms with Gasteiger partial charge in [0, 0.05) is 20.0 Å². The number of hydrazone groups is 1. The van der Waals surface area contributed by atoms with E-state index in [0.29, 0.717) is 5.75 Å². The van der Waals surface area contributed by atoms with Crippen molar-refractivity contribution in [3.63, 3.8) is 0 Å². The van der Waals surface area contributed by atoms with Crippen LogP contribution in [0.3, 0.4) is 0 Å². The molecule has 0 unspecified atom stereocenters. The van der Waals surface area contributed by atoms with Crippen molar-refractivity contribution < 1.29 is 14.3 Å². The van der Waals surface area contributed by atoms with Crippen LogP contribution >= 0.6 is 0 Å². The van der Waals surface area contributed by atoms with Crippen molar-refractivity contribution >= 4 is 17.5 Å². The molecule has 2 amide bonds. The first-order chi connectivity index (χ1) is 10.5. The fraction of sp³-hybridized carbons (Fsp3) is 0.438. The maximum atomic E-state index is 11.5. The van der Waals surface area contributed by atoms with Crippen LogP contribution in [0.15, 0.2) is 29.4 Å². The summed E-state index contributed by atoms with van der Waals surface area (Å²) in [6, 6.07) is 7.25. The zero-order valence-electron chi connectivity index (χ0n) is 13.1. The number of hydrogen-bond acceptors (Lipinski definition) is 4. The Morgan fingerprint density at radius 3 is 2.45 bits per heavy atom. The highest BCUT2D eigenvalue weighted by Gasteiger charge is 2.29. The summed E-state index contributed by atoms with van der Waals surface area (Å²) in [5.74, 6) is 0.654. The maximum absolute atomic E-state index is 11.5. The maximum Gasteiger partial charge on any atom is 0.259 e. The average Bonchev–Trinajstić information content (AvgIpc) is 3.35. The predicted molar refractivity (Wildman–Crippen MR) is 83.7 cm³/mol. The molecular formula is C16H21N3O3. The van der Waals surface area contributed by atoms with Crippen LogP contribution in [0.2, 0.25) is 0 Å². The number of amides is 2. The van der Waals surface area contributed by atoms with Crippen LogP contribution < -0.4 is 10.2 Å². The number of rotatable bonds is 6. The standard InChI is InChI=1S/C16H21N3O3/c1-11(17-18-16(21)13-4-5-13)12-6-8-14(9-7-12)22-10-15(20)19(2)3/h6-9,13H,4-5,10H2,1-3H3,(H,18,21)/b17-11-. The number of nitrogens with one attached hydrogen (secondary N) is 1. The lowest BCUT2D eigenvalue weighted by Crippen LogP contribution is -2.27. The molecule has 1 aromatic rings. The quantitative estimate of drug-likeness (QED) is 0.638. The second-order valence-corrected chi connectivity index (χ2v) is 5.55. The zero-order chi connectivity index (χ0) is 16.1. The lowest BCUT2D eigenvalue weighted by molar-refractivity contribution is -0.130. The van der Waals surface area contributed by atoms with Crippen molar-refractivity contribution in [3.8, 4) is 5.75 Å². The average molecular weight is 303 g/mol. The van der Waals surface area contributed by atoms with Crippen LogP contribution in [-0.2, 0) is 9.59 Å². The van der Waals surface area contributed by atoms with E-state index in [1.54, 1.807) is 26.2 Å². The van der Waals surface area contributed by atoms with Gasteiger partial charge in [-0.2, -0.15) is 5.10 Å². The minimum Gasteiger partial charge on any atom is -0.484 e. The number of benzene rings is 1. The first-order valence-corrected chi connectivity index (χ1v) is 7.25. The molecule has 1 N–H and O–H groups in total. The lowest BCUT2D eigenvalue weighted by atomic mass is 10.1. The van der Waals surface area contributed by atoms with E-state index in [2.05, 4.69) is 10.5 Å². The van der Waals surface area contributed by atoms with Crippen LogP contribution in [-0.4, -0.2) is 43.1 Å². The summed E-state index contributed by atoms with van der Waals surface area (Å²) in [5, 5.41) is 4.10. The van der Waals surface area contributed by atoms with Gasteiger partial charge in [-0.15, -0.1) is 0 Å². The summed E-state index contributed by atoms with van der Waals surface area (Å²) >= 11 is 0. The first kappa shape index (κ1) is 16.0. The molecule has 0 aliphatic heterocycles. The zero-order valence-corrected chi connectivity index (χ0v) is 13.1. The summed E-state index contributed by atoms with van der Waals surface area (Å²) in [7, 11) is 3.37. The fourth-order valence-electron chi connectivity index (χ4n) is 1.71. The summed E-state index contributed by atoms with van der Waals surface area (Å²) in [5.41, 5.74) is 4.20. The van der Waals surface area contributed by atoms with Crippen LogP contribution in [0.4, 0.5) is 0 Å². The Kier molecular flexibility index (Phi) is 5.14. The molecule has 1 aromatic carbocycles. The summed E-state index contributed by atoms with van der Waals surface area (Å²) < 4.78 is 5.40. The highest BCUT2D eigenvalue weighted by Crippen LogP contribution is 2.28. The van der Waals surface area contributed by atoms with E-state index >= 15 is 0 Å². The van der Waals surface area contributed by atoms with Gasteiger partial charge in [0.2, 0.25) is 5.91 Å². The van der Waals surface area contributed by atoms with Crippen LogP contribution in [0.5, 0.6) is 5.75 Å². The monoisotopic (exact) mass is 303 g/mol. The van der Waals surface area contributed by atoms with Crippen LogP contribution in [0, 0.1) is 5.92 Å². The third-order valence-electron chi connectivity index (χ3n) is 3.42. The van der Waals surface area contributed by atoms with Gasteiger partial charge in [0.25, 0.3) is 5.91 Å². The van der Waals surface area contributed by atoms with Crippen molar-refractivity contribution in [2.75, 3.05) is 20.7 Å². The van der Waals surface area contributed by atoms with E-state index in [-0.39, 0.29) is 24.3 Å². The van der Waals surface area contributed by atoms with Crippen molar-refractivity contribution in [3.05, 3.63) is 29.8 Å². The normalized spacial score (nSPS) is 14.4. The molecule has 0 saturated heterocycles. The Labute approximate surface area is 130 Å². The molecule has 0 spiro atoms.